The van der Waals surface area contributed by atoms with Gasteiger partial charge in [-0.25, -0.2) is 8.42 Å². The van der Waals surface area contributed by atoms with Crippen LogP contribution in [-0.2, 0) is 22.6 Å². The standard InChI is InChI=1S/C12H11ClN4O2S/c1-16-6-9(14-15-16)7-17-8-12(20(13,18)19)10-4-2-3-5-11(10)17/h2-6,8H,7H2,1H3. The number of nitrogens with zero attached hydrogens (tertiary/aromatic N) is 4. The minimum absolute atomic E-state index is 0.110. The second-order valence-electron chi connectivity index (χ2n) is 4.46. The van der Waals surface area contributed by atoms with Crippen molar-refractivity contribution >= 4 is 30.6 Å². The van der Waals surface area contributed by atoms with Gasteiger partial charge in [0.15, 0.2) is 0 Å². The molecule has 0 atom stereocenters. The summed E-state index contributed by atoms with van der Waals surface area (Å²) in [5, 5.41) is 8.46. The number of halogens is 1. The third-order valence-electron chi connectivity index (χ3n) is 3.00. The quantitative estimate of drug-likeness (QED) is 0.691. The van der Waals surface area contributed by atoms with Crippen molar-refractivity contribution < 1.29 is 8.42 Å². The lowest BCUT2D eigenvalue weighted by molar-refractivity contribution is 0.609. The molecule has 2 heterocycles. The van der Waals surface area contributed by atoms with Gasteiger partial charge in [-0.1, -0.05) is 23.4 Å². The first-order chi connectivity index (χ1) is 9.45. The molecular weight excluding hydrogens is 300 g/mol. The summed E-state index contributed by atoms with van der Waals surface area (Å²) >= 11 is 0. The SMILES string of the molecule is Cn1cc(Cn2cc(S(=O)(=O)Cl)c3ccccc32)nn1. The molecule has 2 aromatic heterocycles. The van der Waals surface area contributed by atoms with Gasteiger partial charge in [0.2, 0.25) is 0 Å². The first-order valence-electron chi connectivity index (χ1n) is 5.83. The molecule has 6 nitrogen and oxygen atoms in total. The van der Waals surface area contributed by atoms with E-state index in [0.717, 1.165) is 11.2 Å². The van der Waals surface area contributed by atoms with Gasteiger partial charge in [-0.15, -0.1) is 5.10 Å². The second kappa shape index (κ2) is 4.60. The molecule has 0 saturated carbocycles. The molecule has 0 saturated heterocycles. The summed E-state index contributed by atoms with van der Waals surface area (Å²) in [7, 11) is 3.48. The van der Waals surface area contributed by atoms with E-state index in [1.807, 2.05) is 12.1 Å². The molecule has 3 rings (SSSR count). The van der Waals surface area contributed by atoms with Gasteiger partial charge in [-0.3, -0.25) is 4.68 Å². The van der Waals surface area contributed by atoms with Crippen molar-refractivity contribution in [3.8, 4) is 0 Å². The number of fused-ring (bicyclic) bond motifs is 1. The third-order valence-corrected chi connectivity index (χ3v) is 4.35. The Kier molecular flexibility index (Phi) is 3.02. The maximum Gasteiger partial charge on any atom is 0.263 e. The molecule has 0 bridgehead atoms. The van der Waals surface area contributed by atoms with Crippen LogP contribution in [0.5, 0.6) is 0 Å². The van der Waals surface area contributed by atoms with E-state index in [9.17, 15) is 8.42 Å². The molecule has 0 aliphatic heterocycles. The van der Waals surface area contributed by atoms with E-state index in [1.54, 1.807) is 34.6 Å². The van der Waals surface area contributed by atoms with Crippen LogP contribution in [-0.4, -0.2) is 28.0 Å². The molecule has 0 fully saturated rings. The molecule has 0 unspecified atom stereocenters. The minimum Gasteiger partial charge on any atom is -0.340 e. The Bertz CT molecular complexity index is 882. The van der Waals surface area contributed by atoms with Crippen LogP contribution in [0.1, 0.15) is 5.69 Å². The topological polar surface area (TPSA) is 69.8 Å². The highest BCUT2D eigenvalue weighted by Gasteiger charge is 2.18. The van der Waals surface area contributed by atoms with E-state index < -0.39 is 9.05 Å². The number of hydrogen-bond donors (Lipinski definition) is 0. The number of para-hydroxylation sites is 1. The Hall–Kier alpha value is -1.86. The lowest BCUT2D eigenvalue weighted by Crippen LogP contribution is -1.98. The van der Waals surface area contributed by atoms with E-state index in [4.69, 9.17) is 10.7 Å². The van der Waals surface area contributed by atoms with E-state index in [2.05, 4.69) is 10.3 Å². The number of benzene rings is 1. The predicted molar refractivity (Wildman–Crippen MR) is 75.1 cm³/mol. The van der Waals surface area contributed by atoms with Gasteiger partial charge >= 0.3 is 0 Å². The van der Waals surface area contributed by atoms with Crippen molar-refractivity contribution in [2.24, 2.45) is 7.05 Å². The molecule has 0 aliphatic rings. The van der Waals surface area contributed by atoms with Crippen LogP contribution in [0.3, 0.4) is 0 Å². The molecule has 3 aromatic rings. The first-order valence-corrected chi connectivity index (χ1v) is 8.14. The van der Waals surface area contributed by atoms with Gasteiger partial charge in [-0.2, -0.15) is 0 Å². The van der Waals surface area contributed by atoms with Crippen LogP contribution in [0.25, 0.3) is 10.9 Å². The molecule has 0 radical (unpaired) electrons. The van der Waals surface area contributed by atoms with Crippen molar-refractivity contribution in [3.63, 3.8) is 0 Å². The predicted octanol–water partition coefficient (Wildman–Crippen LogP) is 1.75. The third kappa shape index (κ3) is 2.30. The average Bonchev–Trinajstić information content (AvgIpc) is 2.94. The summed E-state index contributed by atoms with van der Waals surface area (Å²) < 4.78 is 26.7. The van der Waals surface area contributed by atoms with Crippen molar-refractivity contribution in [1.82, 2.24) is 19.6 Å². The zero-order chi connectivity index (χ0) is 14.3. The largest absolute Gasteiger partial charge is 0.340 e. The summed E-state index contributed by atoms with van der Waals surface area (Å²) in [6.45, 7) is 0.431. The average molecular weight is 311 g/mol. The van der Waals surface area contributed by atoms with E-state index in [0.29, 0.717) is 11.9 Å². The monoisotopic (exact) mass is 310 g/mol. The Balaban J connectivity index is 2.16. The maximum absolute atomic E-state index is 11.6. The lowest BCUT2D eigenvalue weighted by atomic mass is 10.2. The summed E-state index contributed by atoms with van der Waals surface area (Å²) in [4.78, 5) is 0.110. The maximum atomic E-state index is 11.6. The zero-order valence-electron chi connectivity index (χ0n) is 10.6. The summed E-state index contributed by atoms with van der Waals surface area (Å²) in [5.74, 6) is 0. The summed E-state index contributed by atoms with van der Waals surface area (Å²) in [5.41, 5.74) is 1.53. The Morgan fingerprint density at radius 1 is 1.25 bits per heavy atom. The smallest absolute Gasteiger partial charge is 0.263 e. The highest BCUT2D eigenvalue weighted by molar-refractivity contribution is 8.14. The molecular formula is C12H11ClN4O2S. The minimum atomic E-state index is -3.79. The van der Waals surface area contributed by atoms with E-state index in [1.165, 1.54) is 6.20 Å². The Morgan fingerprint density at radius 3 is 2.65 bits per heavy atom. The summed E-state index contributed by atoms with van der Waals surface area (Å²) in [6.07, 6.45) is 3.31. The highest BCUT2D eigenvalue weighted by atomic mass is 35.7. The van der Waals surface area contributed by atoms with Crippen molar-refractivity contribution in [1.29, 1.82) is 0 Å². The number of aryl methyl sites for hydroxylation is 1. The normalized spacial score (nSPS) is 12.1. The van der Waals surface area contributed by atoms with Crippen molar-refractivity contribution in [2.75, 3.05) is 0 Å². The summed E-state index contributed by atoms with van der Waals surface area (Å²) in [6, 6.07) is 7.20. The van der Waals surface area contributed by atoms with Crippen LogP contribution in [0, 0.1) is 0 Å². The Labute approximate surface area is 120 Å². The molecule has 104 valence electrons. The van der Waals surface area contributed by atoms with Gasteiger partial charge in [0.1, 0.15) is 10.6 Å². The van der Waals surface area contributed by atoms with Gasteiger partial charge in [0, 0.05) is 41.0 Å². The first kappa shape index (κ1) is 13.1. The number of aromatic nitrogens is 4. The molecule has 8 heteroatoms. The molecule has 0 amide bonds. The van der Waals surface area contributed by atoms with Gasteiger partial charge in [0.25, 0.3) is 9.05 Å². The molecule has 20 heavy (non-hydrogen) atoms. The Morgan fingerprint density at radius 2 is 2.00 bits per heavy atom. The van der Waals surface area contributed by atoms with Crippen molar-refractivity contribution in [2.45, 2.75) is 11.4 Å². The van der Waals surface area contributed by atoms with Crippen LogP contribution < -0.4 is 0 Å². The van der Waals surface area contributed by atoms with Crippen LogP contribution in [0.2, 0.25) is 0 Å². The highest BCUT2D eigenvalue weighted by Crippen LogP contribution is 2.28. The fourth-order valence-corrected chi connectivity index (χ4v) is 3.24. The van der Waals surface area contributed by atoms with Gasteiger partial charge < -0.3 is 4.57 Å². The molecule has 0 aliphatic carbocycles. The second-order valence-corrected chi connectivity index (χ2v) is 6.99. The van der Waals surface area contributed by atoms with Crippen molar-refractivity contribution in [3.05, 3.63) is 42.4 Å². The molecule has 1 aromatic carbocycles. The van der Waals surface area contributed by atoms with Gasteiger partial charge in [0.05, 0.1) is 6.54 Å². The lowest BCUT2D eigenvalue weighted by Gasteiger charge is -2.01. The fraction of sp³-hybridized carbons (Fsp3) is 0.167. The molecule has 0 spiro atoms. The van der Waals surface area contributed by atoms with Crippen LogP contribution >= 0.6 is 10.7 Å². The van der Waals surface area contributed by atoms with Crippen LogP contribution in [0.15, 0.2) is 41.6 Å². The number of rotatable bonds is 3. The molecule has 0 N–H and O–H groups in total. The van der Waals surface area contributed by atoms with Gasteiger partial charge in [-0.05, 0) is 6.07 Å². The van der Waals surface area contributed by atoms with Crippen LogP contribution in [0.4, 0.5) is 0 Å². The fourth-order valence-electron chi connectivity index (χ4n) is 2.18. The zero-order valence-corrected chi connectivity index (χ0v) is 12.1. The van der Waals surface area contributed by atoms with E-state index >= 15 is 0 Å². The van der Waals surface area contributed by atoms with E-state index in [-0.39, 0.29) is 4.90 Å². The number of hydrogen-bond acceptors (Lipinski definition) is 4.